The number of ether oxygens (including phenoxy) is 5. The highest BCUT2D eigenvalue weighted by Crippen LogP contribution is 2.38. The largest absolute Gasteiger partial charge is 0.493 e. The predicted molar refractivity (Wildman–Crippen MR) is 106 cm³/mol. The number of hydrogen-bond donors (Lipinski definition) is 2. The van der Waals surface area contributed by atoms with Crippen LogP contribution in [0.25, 0.3) is 0 Å². The molecular formula is C20H26N2O8. The highest BCUT2D eigenvalue weighted by atomic mass is 16.5. The summed E-state index contributed by atoms with van der Waals surface area (Å²) in [6.45, 7) is 3.34. The number of nitrogens with one attached hydrogen (secondary N) is 2. The summed E-state index contributed by atoms with van der Waals surface area (Å²) in [5, 5.41) is 5.17. The maximum atomic E-state index is 12.6. The Kier molecular flexibility index (Phi) is 7.90. The van der Waals surface area contributed by atoms with Crippen LogP contribution >= 0.6 is 0 Å². The van der Waals surface area contributed by atoms with Crippen LogP contribution in [0.15, 0.2) is 23.4 Å². The summed E-state index contributed by atoms with van der Waals surface area (Å²) in [7, 11) is 4.31. The van der Waals surface area contributed by atoms with Gasteiger partial charge in [-0.2, -0.15) is 0 Å². The van der Waals surface area contributed by atoms with Crippen molar-refractivity contribution in [1.82, 2.24) is 10.6 Å². The van der Waals surface area contributed by atoms with E-state index in [1.54, 1.807) is 6.92 Å². The first-order chi connectivity index (χ1) is 14.4. The fourth-order valence-electron chi connectivity index (χ4n) is 3.00. The molecule has 0 aliphatic carbocycles. The number of methoxy groups -OCH3 is 3. The maximum Gasteiger partial charge on any atom is 0.338 e. The van der Waals surface area contributed by atoms with E-state index in [0.717, 1.165) is 0 Å². The molecule has 0 radical (unpaired) electrons. The van der Waals surface area contributed by atoms with Gasteiger partial charge in [-0.3, -0.25) is 0 Å². The number of carbonyl (C=O) groups is 3. The van der Waals surface area contributed by atoms with E-state index >= 15 is 0 Å². The summed E-state index contributed by atoms with van der Waals surface area (Å²) in [6, 6.07) is 1.85. The zero-order valence-electron chi connectivity index (χ0n) is 17.6. The van der Waals surface area contributed by atoms with Gasteiger partial charge in [0.2, 0.25) is 5.75 Å². The van der Waals surface area contributed by atoms with E-state index < -0.39 is 24.0 Å². The predicted octanol–water partition coefficient (Wildman–Crippen LogP) is 1.78. The van der Waals surface area contributed by atoms with Crippen LogP contribution in [0, 0.1) is 0 Å². The molecule has 0 unspecified atom stereocenters. The summed E-state index contributed by atoms with van der Waals surface area (Å²) in [6.07, 6.45) is 0.464. The zero-order chi connectivity index (χ0) is 22.3. The van der Waals surface area contributed by atoms with Crippen molar-refractivity contribution >= 4 is 18.0 Å². The van der Waals surface area contributed by atoms with Crippen LogP contribution in [0.4, 0.5) is 4.79 Å². The van der Waals surface area contributed by atoms with Gasteiger partial charge in [-0.25, -0.2) is 14.4 Å². The second-order valence-corrected chi connectivity index (χ2v) is 6.16. The van der Waals surface area contributed by atoms with Crippen molar-refractivity contribution in [2.75, 3.05) is 34.5 Å². The van der Waals surface area contributed by atoms with Crippen molar-refractivity contribution < 1.29 is 38.1 Å². The maximum absolute atomic E-state index is 12.6. The van der Waals surface area contributed by atoms with Gasteiger partial charge in [-0.05, 0) is 25.5 Å². The molecule has 1 heterocycles. The number of carbonyl (C=O) groups excluding carboxylic acids is 3. The Bertz CT molecular complexity index is 824. The van der Waals surface area contributed by atoms with Crippen molar-refractivity contribution in [3.8, 4) is 17.2 Å². The lowest BCUT2D eigenvalue weighted by Gasteiger charge is -2.28. The van der Waals surface area contributed by atoms with Gasteiger partial charge < -0.3 is 34.3 Å². The number of urea groups is 1. The van der Waals surface area contributed by atoms with E-state index in [1.165, 1.54) is 33.5 Å². The smallest absolute Gasteiger partial charge is 0.338 e. The van der Waals surface area contributed by atoms with Crippen LogP contribution < -0.4 is 24.8 Å². The van der Waals surface area contributed by atoms with Gasteiger partial charge >= 0.3 is 18.0 Å². The van der Waals surface area contributed by atoms with Crippen LogP contribution in [-0.4, -0.2) is 58.6 Å². The summed E-state index contributed by atoms with van der Waals surface area (Å²) in [5.41, 5.74) is 0.538. The van der Waals surface area contributed by atoms with Gasteiger partial charge in [0, 0.05) is 0 Å². The van der Waals surface area contributed by atoms with Crippen LogP contribution in [0.3, 0.4) is 0 Å². The second kappa shape index (κ2) is 10.4. The van der Waals surface area contributed by atoms with Crippen LogP contribution in [0.1, 0.15) is 30.6 Å². The van der Waals surface area contributed by atoms with Crippen molar-refractivity contribution in [3.63, 3.8) is 0 Å². The Balaban J connectivity index is 2.30. The molecule has 1 atom stereocenters. The lowest BCUT2D eigenvalue weighted by atomic mass is 10.0. The molecule has 0 fully saturated rings. The number of esters is 2. The molecule has 0 saturated carbocycles. The quantitative estimate of drug-likeness (QED) is 0.578. The molecule has 10 nitrogen and oxygen atoms in total. The number of amides is 2. The van der Waals surface area contributed by atoms with E-state index in [1.807, 2.05) is 6.92 Å². The molecule has 0 saturated heterocycles. The lowest BCUT2D eigenvalue weighted by molar-refractivity contribution is -0.139. The normalized spacial score (nSPS) is 15.6. The third-order valence-corrected chi connectivity index (χ3v) is 4.39. The minimum absolute atomic E-state index is 0.148. The van der Waals surface area contributed by atoms with Crippen molar-refractivity contribution in [3.05, 3.63) is 29.0 Å². The first kappa shape index (κ1) is 22.9. The molecule has 0 bridgehead atoms. The summed E-state index contributed by atoms with van der Waals surface area (Å²) < 4.78 is 26.1. The fourth-order valence-corrected chi connectivity index (χ4v) is 3.00. The topological polar surface area (TPSA) is 121 Å². The monoisotopic (exact) mass is 422 g/mol. The molecule has 1 aromatic rings. The van der Waals surface area contributed by atoms with E-state index in [-0.39, 0.29) is 41.5 Å². The average molecular weight is 422 g/mol. The number of hydrogen-bond acceptors (Lipinski definition) is 8. The standard InChI is InChI=1S/C20H26N2O8/c1-6-12-16(19(24)29-7-2)13(22-20(25)21-12)10-30-18(23)11-8-14(26-3)17(28-5)15(9-11)27-4/h8-9,12H,6-7,10H2,1-5H3,(H2,21,22,25)/t12-/m1/s1. The third kappa shape index (κ3) is 4.94. The second-order valence-electron chi connectivity index (χ2n) is 6.16. The SMILES string of the molecule is CCOC(=O)C1=C(COC(=O)c2cc(OC)c(OC)c(OC)c2)NC(=O)N[C@@H]1CC. The minimum atomic E-state index is -0.703. The van der Waals surface area contributed by atoms with Crippen LogP contribution in [-0.2, 0) is 14.3 Å². The zero-order valence-corrected chi connectivity index (χ0v) is 17.6. The molecule has 30 heavy (non-hydrogen) atoms. The van der Waals surface area contributed by atoms with Gasteiger partial charge in [0.05, 0.1) is 50.8 Å². The molecule has 2 rings (SSSR count). The highest BCUT2D eigenvalue weighted by Gasteiger charge is 2.32. The fraction of sp³-hybridized carbons (Fsp3) is 0.450. The summed E-state index contributed by atoms with van der Waals surface area (Å²) in [4.78, 5) is 36.9. The molecular weight excluding hydrogens is 396 g/mol. The molecule has 164 valence electrons. The van der Waals surface area contributed by atoms with Crippen molar-refractivity contribution in [2.45, 2.75) is 26.3 Å². The van der Waals surface area contributed by atoms with Crippen molar-refractivity contribution in [1.29, 1.82) is 0 Å². The first-order valence-electron chi connectivity index (χ1n) is 9.34. The van der Waals surface area contributed by atoms with Gasteiger partial charge in [-0.15, -0.1) is 0 Å². The molecule has 1 aliphatic rings. The molecule has 1 aromatic carbocycles. The average Bonchev–Trinajstić information content (AvgIpc) is 2.75. The van der Waals surface area contributed by atoms with Gasteiger partial charge in [0.25, 0.3) is 0 Å². The summed E-state index contributed by atoms with van der Waals surface area (Å²) in [5.74, 6) is -0.380. The van der Waals surface area contributed by atoms with Crippen LogP contribution in [0.2, 0.25) is 0 Å². The van der Waals surface area contributed by atoms with E-state index in [9.17, 15) is 14.4 Å². The van der Waals surface area contributed by atoms with E-state index in [0.29, 0.717) is 12.2 Å². The van der Waals surface area contributed by atoms with Gasteiger partial charge in [0.15, 0.2) is 11.5 Å². The van der Waals surface area contributed by atoms with E-state index in [4.69, 9.17) is 23.7 Å². The Hall–Kier alpha value is -3.43. The van der Waals surface area contributed by atoms with Gasteiger partial charge in [0.1, 0.15) is 6.61 Å². The lowest BCUT2D eigenvalue weighted by Crippen LogP contribution is -2.51. The first-order valence-corrected chi connectivity index (χ1v) is 9.34. The van der Waals surface area contributed by atoms with E-state index in [2.05, 4.69) is 10.6 Å². The van der Waals surface area contributed by atoms with Crippen LogP contribution in [0.5, 0.6) is 17.2 Å². The summed E-state index contributed by atoms with van der Waals surface area (Å²) >= 11 is 0. The Morgan fingerprint density at radius 2 is 1.60 bits per heavy atom. The Morgan fingerprint density at radius 3 is 2.10 bits per heavy atom. The molecule has 10 heteroatoms. The minimum Gasteiger partial charge on any atom is -0.493 e. The van der Waals surface area contributed by atoms with Crippen molar-refractivity contribution in [2.24, 2.45) is 0 Å². The molecule has 1 aliphatic heterocycles. The third-order valence-electron chi connectivity index (χ3n) is 4.39. The molecule has 2 N–H and O–H groups in total. The highest BCUT2D eigenvalue weighted by molar-refractivity contribution is 5.95. The molecule has 0 aromatic heterocycles. The molecule has 2 amide bonds. The van der Waals surface area contributed by atoms with Gasteiger partial charge in [-0.1, -0.05) is 6.92 Å². The molecule has 0 spiro atoms. The number of rotatable bonds is 9. The Morgan fingerprint density at radius 1 is 0.967 bits per heavy atom. The number of benzene rings is 1. The Labute approximate surface area is 174 Å².